The number of aliphatic hydroxyl groups is 1. The zero-order chi connectivity index (χ0) is 12.0. The van der Waals surface area contributed by atoms with Crippen LogP contribution in [0.1, 0.15) is 18.1 Å². The van der Waals surface area contributed by atoms with E-state index >= 15 is 0 Å². The predicted octanol–water partition coefficient (Wildman–Crippen LogP) is 0.455. The monoisotopic (exact) mass is 227 g/mol. The molecule has 16 heavy (non-hydrogen) atoms. The summed E-state index contributed by atoms with van der Waals surface area (Å²) in [5.74, 6) is 0.417. The van der Waals surface area contributed by atoms with Gasteiger partial charge in [0, 0.05) is 11.1 Å². The third kappa shape index (κ3) is 3.08. The molecule has 0 bridgehead atoms. The predicted molar refractivity (Wildman–Crippen MR) is 59.7 cm³/mol. The van der Waals surface area contributed by atoms with Crippen molar-refractivity contribution in [1.29, 1.82) is 0 Å². The fourth-order valence-electron chi connectivity index (χ4n) is 1.40. The number of hydrogen-bond acceptors (Lipinski definition) is 4. The van der Waals surface area contributed by atoms with Crippen molar-refractivity contribution in [1.82, 2.24) is 4.98 Å². The number of aromatic amines is 1. The Bertz CT molecular complexity index is 386. The molecule has 0 aliphatic carbocycles. The minimum absolute atomic E-state index is 0.0215. The second-order valence-electron chi connectivity index (χ2n) is 3.31. The van der Waals surface area contributed by atoms with E-state index < -0.39 is 0 Å². The van der Waals surface area contributed by atoms with E-state index in [0.717, 1.165) is 5.56 Å². The highest BCUT2D eigenvalue weighted by molar-refractivity contribution is 5.29. The lowest BCUT2D eigenvalue weighted by atomic mass is 10.1. The van der Waals surface area contributed by atoms with Gasteiger partial charge >= 0.3 is 0 Å². The summed E-state index contributed by atoms with van der Waals surface area (Å²) in [4.78, 5) is 14.1. The first kappa shape index (κ1) is 12.7. The first-order valence-corrected chi connectivity index (χ1v) is 5.20. The van der Waals surface area contributed by atoms with Crippen molar-refractivity contribution in [2.45, 2.75) is 20.0 Å². The smallest absolute Gasteiger partial charge is 0.253 e. The third-order valence-corrected chi connectivity index (χ3v) is 2.24. The van der Waals surface area contributed by atoms with E-state index in [1.807, 2.05) is 6.92 Å². The number of nitrogens with one attached hydrogen (secondary N) is 1. The number of rotatable bonds is 6. The number of aliphatic hydroxyl groups excluding tert-OH is 1. The molecule has 0 radical (unpaired) electrons. The van der Waals surface area contributed by atoms with Gasteiger partial charge in [0.15, 0.2) is 5.88 Å². The summed E-state index contributed by atoms with van der Waals surface area (Å²) >= 11 is 0. The molecule has 1 rings (SSSR count). The largest absolute Gasteiger partial charge is 0.482 e. The van der Waals surface area contributed by atoms with Crippen molar-refractivity contribution in [3.05, 3.63) is 27.5 Å². The van der Waals surface area contributed by atoms with Gasteiger partial charge in [0.2, 0.25) is 0 Å². The topological polar surface area (TPSA) is 71.5 Å². The Morgan fingerprint density at radius 1 is 1.44 bits per heavy atom. The zero-order valence-electron chi connectivity index (χ0n) is 9.58. The molecule has 0 aromatic carbocycles. The van der Waals surface area contributed by atoms with Crippen LogP contribution in [-0.2, 0) is 17.8 Å². The molecule has 0 aliphatic heterocycles. The van der Waals surface area contributed by atoms with Crippen molar-refractivity contribution in [3.8, 4) is 5.88 Å². The highest BCUT2D eigenvalue weighted by Crippen LogP contribution is 2.15. The highest BCUT2D eigenvalue weighted by atomic mass is 16.5. The molecule has 0 saturated heterocycles. The van der Waals surface area contributed by atoms with Gasteiger partial charge in [-0.3, -0.25) is 9.78 Å². The number of ether oxygens (including phenoxy) is 2. The first-order valence-electron chi connectivity index (χ1n) is 5.20. The molecule has 1 heterocycles. The molecular weight excluding hydrogens is 210 g/mol. The molecule has 5 nitrogen and oxygen atoms in total. The third-order valence-electron chi connectivity index (χ3n) is 2.24. The summed E-state index contributed by atoms with van der Waals surface area (Å²) in [7, 11) is 1.49. The average molecular weight is 227 g/mol. The molecule has 2 N–H and O–H groups in total. The molecule has 1 aromatic heterocycles. The average Bonchev–Trinajstić information content (AvgIpc) is 2.30. The number of aromatic nitrogens is 1. The molecule has 0 atom stereocenters. The molecular formula is C11H17NO4. The summed E-state index contributed by atoms with van der Waals surface area (Å²) in [5, 5.41) is 8.60. The van der Waals surface area contributed by atoms with Gasteiger partial charge in [-0.05, 0) is 12.5 Å². The minimum atomic E-state index is -0.134. The molecule has 0 spiro atoms. The zero-order valence-corrected chi connectivity index (χ0v) is 9.58. The van der Waals surface area contributed by atoms with Crippen molar-refractivity contribution < 1.29 is 14.6 Å². The van der Waals surface area contributed by atoms with Crippen LogP contribution in [0.5, 0.6) is 5.88 Å². The maximum absolute atomic E-state index is 11.5. The van der Waals surface area contributed by atoms with Crippen LogP contribution < -0.4 is 10.3 Å². The maximum atomic E-state index is 11.5. The Hall–Kier alpha value is -1.33. The van der Waals surface area contributed by atoms with Crippen LogP contribution in [0.25, 0.3) is 0 Å². The quantitative estimate of drug-likeness (QED) is 0.692. The summed E-state index contributed by atoms with van der Waals surface area (Å²) in [6.45, 7) is 2.47. The Balaban J connectivity index is 2.91. The fraction of sp³-hybridized carbons (Fsp3) is 0.545. The number of pyridine rings is 1. The summed E-state index contributed by atoms with van der Waals surface area (Å²) in [6, 6.07) is 1.77. The van der Waals surface area contributed by atoms with Crippen molar-refractivity contribution in [2.75, 3.05) is 20.3 Å². The van der Waals surface area contributed by atoms with Crippen LogP contribution in [0, 0.1) is 0 Å². The lowest BCUT2D eigenvalue weighted by Gasteiger charge is -2.09. The summed E-state index contributed by atoms with van der Waals surface area (Å²) in [5.41, 5.74) is 1.35. The standard InChI is InChI=1S/C11H17NO4/c1-3-8-6-9(7-16-5-4-13)11(15-2)12-10(8)14/h6,13H,3-5,7H2,1-2H3,(H,12,14). The Kier molecular flexibility index (Phi) is 5.01. The molecule has 5 heteroatoms. The number of aryl methyl sites for hydroxylation is 1. The van der Waals surface area contributed by atoms with Crippen LogP contribution >= 0.6 is 0 Å². The molecule has 0 aliphatic rings. The van der Waals surface area contributed by atoms with Gasteiger partial charge in [-0.2, -0.15) is 0 Å². The molecule has 0 fully saturated rings. The van der Waals surface area contributed by atoms with Crippen LogP contribution in [-0.4, -0.2) is 30.4 Å². The highest BCUT2D eigenvalue weighted by Gasteiger charge is 2.08. The lowest BCUT2D eigenvalue weighted by molar-refractivity contribution is 0.0800. The van der Waals surface area contributed by atoms with E-state index in [1.54, 1.807) is 6.07 Å². The number of H-pyrrole nitrogens is 1. The number of methoxy groups -OCH3 is 1. The minimum Gasteiger partial charge on any atom is -0.482 e. The van der Waals surface area contributed by atoms with Gasteiger partial charge in [0.05, 0.1) is 26.9 Å². The van der Waals surface area contributed by atoms with Gasteiger partial charge in [-0.15, -0.1) is 0 Å². The van der Waals surface area contributed by atoms with Crippen molar-refractivity contribution >= 4 is 0 Å². The van der Waals surface area contributed by atoms with Gasteiger partial charge in [-0.1, -0.05) is 6.92 Å². The molecule has 0 amide bonds. The lowest BCUT2D eigenvalue weighted by Crippen LogP contribution is -2.15. The van der Waals surface area contributed by atoms with Gasteiger partial charge in [0.1, 0.15) is 0 Å². The van der Waals surface area contributed by atoms with E-state index in [2.05, 4.69) is 4.98 Å². The van der Waals surface area contributed by atoms with Crippen molar-refractivity contribution in [2.24, 2.45) is 0 Å². The second-order valence-corrected chi connectivity index (χ2v) is 3.31. The Morgan fingerprint density at radius 2 is 2.19 bits per heavy atom. The van der Waals surface area contributed by atoms with E-state index in [1.165, 1.54) is 7.11 Å². The van der Waals surface area contributed by atoms with E-state index in [4.69, 9.17) is 14.6 Å². The van der Waals surface area contributed by atoms with E-state index in [-0.39, 0.29) is 18.8 Å². The summed E-state index contributed by atoms with van der Waals surface area (Å²) in [6.07, 6.45) is 0.659. The van der Waals surface area contributed by atoms with E-state index in [9.17, 15) is 4.79 Å². The molecule has 0 unspecified atom stereocenters. The molecule has 0 saturated carbocycles. The normalized spacial score (nSPS) is 10.4. The molecule has 90 valence electrons. The Morgan fingerprint density at radius 3 is 2.75 bits per heavy atom. The van der Waals surface area contributed by atoms with Crippen LogP contribution in [0.2, 0.25) is 0 Å². The second kappa shape index (κ2) is 6.30. The first-order chi connectivity index (χ1) is 7.72. The van der Waals surface area contributed by atoms with Crippen LogP contribution in [0.4, 0.5) is 0 Å². The molecule has 1 aromatic rings. The van der Waals surface area contributed by atoms with Gasteiger partial charge < -0.3 is 14.6 Å². The SMILES string of the molecule is CCc1cc(COCCO)c(OC)[nH]c1=O. The van der Waals surface area contributed by atoms with E-state index in [0.29, 0.717) is 24.5 Å². The number of hydrogen-bond donors (Lipinski definition) is 2. The fourth-order valence-corrected chi connectivity index (χ4v) is 1.40. The Labute approximate surface area is 94.0 Å². The maximum Gasteiger partial charge on any atom is 0.253 e. The van der Waals surface area contributed by atoms with Gasteiger partial charge in [0.25, 0.3) is 5.56 Å². The van der Waals surface area contributed by atoms with Crippen LogP contribution in [0.15, 0.2) is 10.9 Å². The van der Waals surface area contributed by atoms with Crippen LogP contribution in [0.3, 0.4) is 0 Å². The summed E-state index contributed by atoms with van der Waals surface area (Å²) < 4.78 is 10.3. The van der Waals surface area contributed by atoms with Crippen molar-refractivity contribution in [3.63, 3.8) is 0 Å². The van der Waals surface area contributed by atoms with Gasteiger partial charge in [-0.25, -0.2) is 0 Å².